The Bertz CT molecular complexity index is 973. The maximum Gasteiger partial charge on any atom is 0.240 e. The summed E-state index contributed by atoms with van der Waals surface area (Å²) in [5.74, 6) is 0. The van der Waals surface area contributed by atoms with Crippen molar-refractivity contribution >= 4 is 20.0 Å². The van der Waals surface area contributed by atoms with Crippen molar-refractivity contribution in [2.24, 2.45) is 0 Å². The predicted octanol–water partition coefficient (Wildman–Crippen LogP) is 1.30. The molecule has 2 aromatic carbocycles. The maximum atomic E-state index is 12.5. The molecule has 0 aliphatic heterocycles. The van der Waals surface area contributed by atoms with Crippen LogP contribution in [0.4, 0.5) is 0 Å². The van der Waals surface area contributed by atoms with Gasteiger partial charge in [-0.2, -0.15) is 0 Å². The van der Waals surface area contributed by atoms with Crippen LogP contribution < -0.4 is 14.9 Å². The number of sulfonamides is 2. The van der Waals surface area contributed by atoms with E-state index in [-0.39, 0.29) is 29.3 Å². The molecule has 0 aliphatic carbocycles. The van der Waals surface area contributed by atoms with Gasteiger partial charge in [0.05, 0.1) is 9.79 Å². The van der Waals surface area contributed by atoms with E-state index < -0.39 is 26.1 Å². The predicted molar refractivity (Wildman–Crippen MR) is 106 cm³/mol. The molecule has 0 amide bonds. The molecule has 154 valence electrons. The molecule has 0 fully saturated rings. The van der Waals surface area contributed by atoms with Gasteiger partial charge in [-0.1, -0.05) is 35.4 Å². The largest absolute Gasteiger partial charge is 0.317 e. The molecule has 0 aromatic heterocycles. The Morgan fingerprint density at radius 3 is 1.75 bits per heavy atom. The van der Waals surface area contributed by atoms with Crippen molar-refractivity contribution in [3.63, 3.8) is 0 Å². The second kappa shape index (κ2) is 9.59. The first kappa shape index (κ1) is 22.5. The molecule has 1 atom stereocenters. The van der Waals surface area contributed by atoms with E-state index in [2.05, 4.69) is 9.44 Å². The zero-order valence-electron chi connectivity index (χ0n) is 15.7. The molecule has 28 heavy (non-hydrogen) atoms. The lowest BCUT2D eigenvalue weighted by Gasteiger charge is -2.18. The fourth-order valence-electron chi connectivity index (χ4n) is 2.49. The number of aryl methyl sites for hydroxylation is 2. The molecular weight excluding hydrogens is 402 g/mol. The second-order valence-corrected chi connectivity index (χ2v) is 9.97. The molecule has 8 nitrogen and oxygen atoms in total. The van der Waals surface area contributed by atoms with Crippen LogP contribution in [0.1, 0.15) is 17.5 Å². The third-order valence-corrected chi connectivity index (χ3v) is 7.12. The highest BCUT2D eigenvalue weighted by atomic mass is 32.2. The highest BCUT2D eigenvalue weighted by Gasteiger charge is 2.21. The van der Waals surface area contributed by atoms with Crippen LogP contribution in [0.25, 0.3) is 0 Å². The Balaban J connectivity index is 2.00. The van der Waals surface area contributed by atoms with Crippen LogP contribution in [0.2, 0.25) is 0 Å². The van der Waals surface area contributed by atoms with Crippen molar-refractivity contribution in [3.8, 4) is 0 Å². The van der Waals surface area contributed by atoms with Crippen LogP contribution in [-0.4, -0.2) is 41.2 Å². The fourth-order valence-corrected chi connectivity index (χ4v) is 4.80. The normalized spacial score (nSPS) is 13.4. The summed E-state index contributed by atoms with van der Waals surface area (Å²) in [4.78, 5) is 0.233. The number of hydroxylamine groups is 1. The smallest absolute Gasteiger partial charge is 0.240 e. The minimum absolute atomic E-state index is 0.00102. The van der Waals surface area contributed by atoms with Gasteiger partial charge in [0.25, 0.3) is 0 Å². The molecule has 0 spiro atoms. The second-order valence-electron chi connectivity index (χ2n) is 6.49. The lowest BCUT2D eigenvalue weighted by atomic mass is 10.2. The van der Waals surface area contributed by atoms with Gasteiger partial charge in [0, 0.05) is 19.1 Å². The van der Waals surface area contributed by atoms with E-state index in [1.165, 1.54) is 24.3 Å². The molecule has 0 bridgehead atoms. The van der Waals surface area contributed by atoms with Gasteiger partial charge in [-0.3, -0.25) is 0 Å². The Kier molecular flexibility index (Phi) is 7.70. The molecule has 10 heteroatoms. The van der Waals surface area contributed by atoms with Crippen molar-refractivity contribution in [3.05, 3.63) is 59.7 Å². The summed E-state index contributed by atoms with van der Waals surface area (Å²) in [5, 5.41) is 8.98. The quantitative estimate of drug-likeness (QED) is 0.424. The summed E-state index contributed by atoms with van der Waals surface area (Å²) in [6, 6.07) is 12.0. The molecule has 0 saturated carbocycles. The molecule has 0 aliphatic rings. The van der Waals surface area contributed by atoms with Crippen LogP contribution in [0.5, 0.6) is 0 Å². The van der Waals surface area contributed by atoms with Crippen LogP contribution in [-0.2, 0) is 20.0 Å². The van der Waals surface area contributed by atoms with Crippen molar-refractivity contribution in [1.29, 1.82) is 0 Å². The van der Waals surface area contributed by atoms with Gasteiger partial charge in [-0.05, 0) is 44.5 Å². The van der Waals surface area contributed by atoms with Gasteiger partial charge >= 0.3 is 0 Å². The monoisotopic (exact) mass is 427 g/mol. The van der Waals surface area contributed by atoms with E-state index in [0.29, 0.717) is 0 Å². The molecule has 1 unspecified atom stereocenters. The molecule has 0 heterocycles. The number of benzene rings is 2. The summed E-state index contributed by atoms with van der Waals surface area (Å²) in [5.41, 5.74) is 3.80. The van der Waals surface area contributed by atoms with Crippen molar-refractivity contribution < 1.29 is 22.0 Å². The van der Waals surface area contributed by atoms with E-state index in [9.17, 15) is 16.8 Å². The molecule has 0 radical (unpaired) electrons. The molecule has 0 saturated heterocycles. The van der Waals surface area contributed by atoms with Crippen LogP contribution in [0, 0.1) is 13.8 Å². The summed E-state index contributed by atoms with van der Waals surface area (Å²) in [7, 11) is -7.50. The average Bonchev–Trinajstić information content (AvgIpc) is 2.62. The van der Waals surface area contributed by atoms with E-state index in [0.717, 1.165) is 11.1 Å². The summed E-state index contributed by atoms with van der Waals surface area (Å²) >= 11 is 0. The number of hydrogen-bond acceptors (Lipinski definition) is 6. The third kappa shape index (κ3) is 6.36. The Morgan fingerprint density at radius 2 is 1.29 bits per heavy atom. The highest BCUT2D eigenvalue weighted by Crippen LogP contribution is 2.12. The number of nitrogens with one attached hydrogen (secondary N) is 3. The van der Waals surface area contributed by atoms with Crippen molar-refractivity contribution in [2.45, 2.75) is 36.1 Å². The van der Waals surface area contributed by atoms with Gasteiger partial charge in [-0.25, -0.2) is 31.8 Å². The van der Waals surface area contributed by atoms with Crippen LogP contribution >= 0.6 is 0 Å². The SMILES string of the molecule is Cc1ccc(S(=O)(=O)NCCC(CNO)NS(=O)(=O)c2ccc(C)cc2)cc1. The lowest BCUT2D eigenvalue weighted by molar-refractivity contribution is 0.157. The highest BCUT2D eigenvalue weighted by molar-refractivity contribution is 7.89. The minimum atomic E-state index is -3.80. The van der Waals surface area contributed by atoms with E-state index >= 15 is 0 Å². The van der Waals surface area contributed by atoms with Gasteiger partial charge in [0.2, 0.25) is 20.0 Å². The van der Waals surface area contributed by atoms with Crippen LogP contribution in [0.15, 0.2) is 58.3 Å². The van der Waals surface area contributed by atoms with Gasteiger partial charge in [0.1, 0.15) is 0 Å². The lowest BCUT2D eigenvalue weighted by Crippen LogP contribution is -2.43. The van der Waals surface area contributed by atoms with Crippen molar-refractivity contribution in [2.75, 3.05) is 13.1 Å². The Morgan fingerprint density at radius 1 is 0.821 bits per heavy atom. The van der Waals surface area contributed by atoms with Gasteiger partial charge in [-0.15, -0.1) is 0 Å². The van der Waals surface area contributed by atoms with E-state index in [4.69, 9.17) is 5.21 Å². The van der Waals surface area contributed by atoms with Gasteiger partial charge < -0.3 is 5.21 Å². The molecule has 2 aromatic rings. The average molecular weight is 428 g/mol. The third-order valence-electron chi connectivity index (χ3n) is 4.11. The first-order valence-electron chi connectivity index (χ1n) is 8.66. The summed E-state index contributed by atoms with van der Waals surface area (Å²) < 4.78 is 54.5. The van der Waals surface area contributed by atoms with Gasteiger partial charge in [0.15, 0.2) is 0 Å². The Labute approximate surface area is 166 Å². The molecular formula is C18H25N3O5S2. The fraction of sp³-hybridized carbons (Fsp3) is 0.333. The zero-order chi connectivity index (χ0) is 20.8. The minimum Gasteiger partial charge on any atom is -0.317 e. The van der Waals surface area contributed by atoms with Crippen molar-refractivity contribution in [1.82, 2.24) is 14.9 Å². The summed E-state index contributed by atoms with van der Waals surface area (Å²) in [6.45, 7) is 3.63. The van der Waals surface area contributed by atoms with E-state index in [1.54, 1.807) is 24.3 Å². The standard InChI is InChI=1S/C18H25N3O5S2/c1-14-3-7-17(8-4-14)27(23,24)20-12-11-16(13-19-22)21-28(25,26)18-9-5-15(2)6-10-18/h3-10,16,19-22H,11-13H2,1-2H3. The first-order valence-corrected chi connectivity index (χ1v) is 11.6. The molecule has 2 rings (SSSR count). The Hall–Kier alpha value is -1.82. The number of hydrogen-bond donors (Lipinski definition) is 4. The topological polar surface area (TPSA) is 125 Å². The zero-order valence-corrected chi connectivity index (χ0v) is 17.3. The maximum absolute atomic E-state index is 12.5. The summed E-state index contributed by atoms with van der Waals surface area (Å²) in [6.07, 6.45) is 0.143. The van der Waals surface area contributed by atoms with E-state index in [1.807, 2.05) is 19.3 Å². The first-order chi connectivity index (χ1) is 13.1. The van der Waals surface area contributed by atoms with Crippen LogP contribution in [0.3, 0.4) is 0 Å². The molecule has 4 N–H and O–H groups in total. The number of rotatable bonds is 10.